The van der Waals surface area contributed by atoms with Gasteiger partial charge < -0.3 is 3.79 Å². The van der Waals surface area contributed by atoms with Crippen molar-refractivity contribution in [3.8, 4) is 17.3 Å². The maximum Gasteiger partial charge on any atom is 0.482 e. The average molecular weight is 279 g/mol. The molecule has 1 aromatic carbocycles. The molecule has 20 heavy (non-hydrogen) atoms. The third-order valence-electron chi connectivity index (χ3n) is 3.26. The molecule has 0 atom stereocenters. The third kappa shape index (κ3) is 2.15. The van der Waals surface area contributed by atoms with Crippen LogP contribution in [-0.2, 0) is 6.42 Å². The number of benzene rings is 1. The van der Waals surface area contributed by atoms with Gasteiger partial charge in [-0.1, -0.05) is 25.1 Å². The van der Waals surface area contributed by atoms with Crippen LogP contribution in [0.2, 0.25) is 0 Å². The van der Waals surface area contributed by atoms with Crippen LogP contribution >= 0.6 is 0 Å². The van der Waals surface area contributed by atoms with E-state index in [0.717, 1.165) is 29.2 Å². The van der Waals surface area contributed by atoms with Crippen molar-refractivity contribution < 1.29 is 3.79 Å². The van der Waals surface area contributed by atoms with E-state index in [1.807, 2.05) is 35.1 Å². The summed E-state index contributed by atoms with van der Waals surface area (Å²) in [6.07, 6.45) is 6.69. The van der Waals surface area contributed by atoms with Gasteiger partial charge in [-0.2, -0.15) is 5.10 Å². The van der Waals surface area contributed by atoms with Gasteiger partial charge in [0.15, 0.2) is 5.82 Å². The summed E-state index contributed by atoms with van der Waals surface area (Å²) in [6.45, 7) is 2.12. The van der Waals surface area contributed by atoms with Gasteiger partial charge >= 0.3 is 16.6 Å². The number of rotatable bonds is 4. The van der Waals surface area contributed by atoms with Crippen molar-refractivity contribution in [3.63, 3.8) is 0 Å². The maximum atomic E-state index is 5.53. The smallest absolute Gasteiger partial charge is 0.482 e. The van der Waals surface area contributed by atoms with E-state index in [9.17, 15) is 0 Å². The first-order chi connectivity index (χ1) is 9.85. The highest BCUT2D eigenvalue weighted by Crippen LogP contribution is 2.32. The summed E-state index contributed by atoms with van der Waals surface area (Å²) in [5, 5.41) is 4.34. The van der Waals surface area contributed by atoms with Crippen molar-refractivity contribution >= 4 is 16.6 Å². The Morgan fingerprint density at radius 2 is 2.00 bits per heavy atom. The number of para-hydroxylation sites is 1. The van der Waals surface area contributed by atoms with Crippen LogP contribution in [0.1, 0.15) is 12.5 Å². The van der Waals surface area contributed by atoms with Crippen LogP contribution in [-0.4, -0.2) is 31.0 Å². The van der Waals surface area contributed by atoms with Gasteiger partial charge in [-0.3, -0.25) is 4.57 Å². The first kappa shape index (κ1) is 13.0. The molecule has 4 nitrogen and oxygen atoms in total. The second-order valence-electron chi connectivity index (χ2n) is 4.43. The van der Waals surface area contributed by atoms with Gasteiger partial charge in [0.25, 0.3) is 0 Å². The summed E-state index contributed by atoms with van der Waals surface area (Å²) < 4.78 is 9.46. The zero-order chi connectivity index (χ0) is 13.9. The van der Waals surface area contributed by atoms with Crippen LogP contribution in [0.25, 0.3) is 11.5 Å². The standard InChI is InChI=1S/C15H15N3O.Al/c1-2-12-11-17(13-7-4-3-5-8-13)15(14(12)19)18-10-6-9-16-18;/h3-11,19H,2H2,1H3;/q;+1/p-1. The fourth-order valence-corrected chi connectivity index (χ4v) is 2.56. The van der Waals surface area contributed by atoms with Crippen LogP contribution in [0, 0.1) is 0 Å². The number of nitrogens with zero attached hydrogens (tertiary/aromatic N) is 3. The molecular formula is C15H14AlN3O. The summed E-state index contributed by atoms with van der Waals surface area (Å²) in [7, 11) is 0. The minimum absolute atomic E-state index is 0.838. The summed E-state index contributed by atoms with van der Waals surface area (Å²) in [5.74, 6) is 1.75. The number of aromatic nitrogens is 3. The number of aryl methyl sites for hydroxylation is 1. The first-order valence-corrected chi connectivity index (χ1v) is 6.98. The molecular weight excluding hydrogens is 265 g/mol. The molecule has 3 aromatic rings. The predicted molar refractivity (Wildman–Crippen MR) is 78.7 cm³/mol. The molecule has 0 aliphatic rings. The van der Waals surface area contributed by atoms with E-state index in [2.05, 4.69) is 51.5 Å². The average Bonchev–Trinajstić information content (AvgIpc) is 3.14. The summed E-state index contributed by atoms with van der Waals surface area (Å²) >= 11 is 2.33. The highest BCUT2D eigenvalue weighted by Gasteiger charge is 2.17. The van der Waals surface area contributed by atoms with Crippen molar-refractivity contribution in [2.45, 2.75) is 13.3 Å². The molecule has 0 N–H and O–H groups in total. The second kappa shape index (κ2) is 5.58. The first-order valence-electron chi connectivity index (χ1n) is 6.51. The normalized spacial score (nSPS) is 10.7. The van der Waals surface area contributed by atoms with Gasteiger partial charge in [0.05, 0.1) is 0 Å². The van der Waals surface area contributed by atoms with Crippen LogP contribution in [0.15, 0.2) is 55.0 Å². The highest BCUT2D eigenvalue weighted by atomic mass is 27.1. The van der Waals surface area contributed by atoms with Crippen LogP contribution < -0.4 is 3.79 Å². The Morgan fingerprint density at radius 1 is 1.20 bits per heavy atom. The molecule has 0 aliphatic carbocycles. The molecule has 0 spiro atoms. The van der Waals surface area contributed by atoms with E-state index in [1.165, 1.54) is 0 Å². The van der Waals surface area contributed by atoms with Crippen LogP contribution in [0.3, 0.4) is 0 Å². The molecule has 0 fully saturated rings. The molecule has 0 amide bonds. The quantitative estimate of drug-likeness (QED) is 0.688. The van der Waals surface area contributed by atoms with Crippen molar-refractivity contribution in [2.24, 2.45) is 0 Å². The second-order valence-corrected chi connectivity index (χ2v) is 4.67. The number of hydrogen-bond acceptors (Lipinski definition) is 2. The van der Waals surface area contributed by atoms with Crippen molar-refractivity contribution in [3.05, 3.63) is 60.6 Å². The minimum atomic E-state index is 0.838. The van der Waals surface area contributed by atoms with Gasteiger partial charge in [-0.15, -0.1) is 0 Å². The Hall–Kier alpha value is -1.96. The lowest BCUT2D eigenvalue weighted by atomic mass is 10.2. The number of hydrogen-bond donors (Lipinski definition) is 0. The largest absolute Gasteiger partial charge is 0.651 e. The molecule has 2 aromatic heterocycles. The van der Waals surface area contributed by atoms with Crippen molar-refractivity contribution in [1.29, 1.82) is 0 Å². The van der Waals surface area contributed by atoms with E-state index in [0.29, 0.717) is 0 Å². The highest BCUT2D eigenvalue weighted by molar-refractivity contribution is 6.00. The third-order valence-corrected chi connectivity index (χ3v) is 3.50. The van der Waals surface area contributed by atoms with Crippen molar-refractivity contribution in [1.82, 2.24) is 14.3 Å². The SMILES string of the molecule is CCc1cn(-c2ccccc2)c(-n2cccn2)c1[O][Al]. The summed E-state index contributed by atoms with van der Waals surface area (Å²) in [5.41, 5.74) is 2.23. The van der Waals surface area contributed by atoms with E-state index in [4.69, 9.17) is 3.79 Å². The lowest BCUT2D eigenvalue weighted by Gasteiger charge is -2.12. The lowest BCUT2D eigenvalue weighted by Crippen LogP contribution is -2.05. The van der Waals surface area contributed by atoms with Gasteiger partial charge in [0.2, 0.25) is 0 Å². The minimum Gasteiger partial charge on any atom is -0.651 e. The predicted octanol–water partition coefficient (Wildman–Crippen LogP) is 2.69. The van der Waals surface area contributed by atoms with Gasteiger partial charge in [-0.25, -0.2) is 4.68 Å². The Bertz CT molecular complexity index is 689. The van der Waals surface area contributed by atoms with Gasteiger partial charge in [0.1, 0.15) is 5.75 Å². The van der Waals surface area contributed by atoms with Crippen LogP contribution in [0.4, 0.5) is 0 Å². The monoisotopic (exact) mass is 279 g/mol. The van der Waals surface area contributed by atoms with E-state index >= 15 is 0 Å². The van der Waals surface area contributed by atoms with E-state index < -0.39 is 0 Å². The van der Waals surface area contributed by atoms with Crippen LogP contribution in [0.5, 0.6) is 5.75 Å². The molecule has 2 heterocycles. The molecule has 0 saturated heterocycles. The zero-order valence-electron chi connectivity index (χ0n) is 11.2. The molecule has 98 valence electrons. The summed E-state index contributed by atoms with van der Waals surface area (Å²) in [4.78, 5) is 0. The molecule has 2 radical (unpaired) electrons. The summed E-state index contributed by atoms with van der Waals surface area (Å²) in [6, 6.07) is 12.1. The maximum absolute atomic E-state index is 5.53. The lowest BCUT2D eigenvalue weighted by molar-refractivity contribution is 0.595. The Morgan fingerprint density at radius 3 is 2.60 bits per heavy atom. The topological polar surface area (TPSA) is 32.0 Å². The fourth-order valence-electron chi connectivity index (χ4n) is 2.30. The van der Waals surface area contributed by atoms with Crippen molar-refractivity contribution in [2.75, 3.05) is 0 Å². The Balaban J connectivity index is 2.26. The van der Waals surface area contributed by atoms with E-state index in [-0.39, 0.29) is 0 Å². The molecule has 0 unspecified atom stereocenters. The Labute approximate surface area is 126 Å². The van der Waals surface area contributed by atoms with Gasteiger partial charge in [-0.05, 0) is 24.6 Å². The molecule has 5 heteroatoms. The molecule has 0 saturated carbocycles. The molecule has 3 rings (SSSR count). The zero-order valence-corrected chi connectivity index (χ0v) is 12.4. The molecule has 0 bridgehead atoms. The molecule has 0 aliphatic heterocycles. The van der Waals surface area contributed by atoms with Gasteiger partial charge in [0, 0.05) is 29.8 Å². The Kier molecular flexibility index (Phi) is 3.64. The fraction of sp³-hybridized carbons (Fsp3) is 0.133. The van der Waals surface area contributed by atoms with E-state index in [1.54, 1.807) is 6.20 Å².